The number of amides is 1. The van der Waals surface area contributed by atoms with Crippen LogP contribution in [0.15, 0.2) is 52.2 Å². The minimum absolute atomic E-state index is 0.108. The number of anilines is 2. The first-order valence-electron chi connectivity index (χ1n) is 10.5. The van der Waals surface area contributed by atoms with Crippen LogP contribution in [0.25, 0.3) is 0 Å². The van der Waals surface area contributed by atoms with Gasteiger partial charge in [0.25, 0.3) is 0 Å². The summed E-state index contributed by atoms with van der Waals surface area (Å²) in [6.07, 6.45) is 6.20. The van der Waals surface area contributed by atoms with Gasteiger partial charge in [0.05, 0.1) is 18.6 Å². The highest BCUT2D eigenvalue weighted by atomic mass is 32.2. The van der Waals surface area contributed by atoms with Gasteiger partial charge in [-0.2, -0.15) is 0 Å². The average molecular weight is 424 g/mol. The summed E-state index contributed by atoms with van der Waals surface area (Å²) in [6.45, 7) is 3.29. The zero-order chi connectivity index (χ0) is 20.3. The number of thioether (sulfide) groups is 1. The Morgan fingerprint density at radius 1 is 1.03 bits per heavy atom. The highest BCUT2D eigenvalue weighted by Gasteiger charge is 2.26. The fourth-order valence-electron chi connectivity index (χ4n) is 4.21. The monoisotopic (exact) mass is 423 g/mol. The minimum atomic E-state index is 0.108. The summed E-state index contributed by atoms with van der Waals surface area (Å²) in [5.41, 5.74) is 2.28. The van der Waals surface area contributed by atoms with Crippen molar-refractivity contribution in [2.24, 2.45) is 0 Å². The Labute approximate surface area is 180 Å². The third-order valence-corrected chi connectivity index (χ3v) is 6.69. The summed E-state index contributed by atoms with van der Waals surface area (Å²) in [7, 11) is 0. The first-order valence-corrected chi connectivity index (χ1v) is 11.5. The molecule has 2 aliphatic rings. The number of para-hydroxylation sites is 1. The van der Waals surface area contributed by atoms with Crippen LogP contribution < -0.4 is 9.80 Å². The lowest BCUT2D eigenvalue weighted by atomic mass is 10.1. The number of carbonyl (C=O) groups is 1. The number of furan rings is 1. The van der Waals surface area contributed by atoms with E-state index in [4.69, 9.17) is 4.42 Å². The number of piperidine rings is 1. The third kappa shape index (κ3) is 3.84. The summed E-state index contributed by atoms with van der Waals surface area (Å²) in [6, 6.07) is 12.0. The van der Waals surface area contributed by atoms with Crippen LogP contribution in [0.4, 0.5) is 11.6 Å². The number of rotatable bonds is 6. The SMILES string of the molecule is O=C(CSc1nnc(N2CCCCC2)n1Cc1ccco1)N1CCc2ccccc21. The van der Waals surface area contributed by atoms with Gasteiger partial charge in [0.1, 0.15) is 5.76 Å². The Balaban J connectivity index is 1.33. The first-order chi connectivity index (χ1) is 14.8. The van der Waals surface area contributed by atoms with Gasteiger partial charge in [-0.25, -0.2) is 0 Å². The second-order valence-electron chi connectivity index (χ2n) is 7.71. The van der Waals surface area contributed by atoms with Gasteiger partial charge in [0, 0.05) is 25.3 Å². The molecule has 156 valence electrons. The topological polar surface area (TPSA) is 67.4 Å². The summed E-state index contributed by atoms with van der Waals surface area (Å²) < 4.78 is 7.65. The van der Waals surface area contributed by atoms with E-state index in [0.717, 1.165) is 48.6 Å². The van der Waals surface area contributed by atoms with E-state index in [1.54, 1.807) is 6.26 Å². The number of fused-ring (bicyclic) bond motifs is 1. The second kappa shape index (κ2) is 8.55. The van der Waals surface area contributed by atoms with Crippen LogP contribution in [0, 0.1) is 0 Å². The molecule has 0 radical (unpaired) electrons. The van der Waals surface area contributed by atoms with Gasteiger partial charge in [0.2, 0.25) is 11.9 Å². The maximum absolute atomic E-state index is 12.9. The van der Waals surface area contributed by atoms with E-state index in [1.807, 2.05) is 35.2 Å². The van der Waals surface area contributed by atoms with E-state index >= 15 is 0 Å². The lowest BCUT2D eigenvalue weighted by Crippen LogP contribution is -2.32. The normalized spacial score (nSPS) is 16.1. The molecule has 0 unspecified atom stereocenters. The molecule has 3 aromatic rings. The highest BCUT2D eigenvalue weighted by molar-refractivity contribution is 7.99. The standard InChI is InChI=1S/C22H25N5O2S/c28-20(26-13-10-17-7-2-3-9-19(17)26)16-30-22-24-23-21(25-11-4-1-5-12-25)27(22)15-18-8-6-14-29-18/h2-3,6-9,14H,1,4-5,10-13,15-16H2. The van der Waals surface area contributed by atoms with Gasteiger partial charge in [0.15, 0.2) is 5.16 Å². The molecular weight excluding hydrogens is 398 g/mol. The number of nitrogens with zero attached hydrogens (tertiary/aromatic N) is 5. The predicted molar refractivity (Wildman–Crippen MR) is 117 cm³/mol. The molecule has 7 nitrogen and oxygen atoms in total. The molecule has 0 N–H and O–H groups in total. The van der Waals surface area contributed by atoms with E-state index in [0.29, 0.717) is 12.3 Å². The van der Waals surface area contributed by atoms with Crippen LogP contribution in [-0.2, 0) is 17.8 Å². The molecule has 0 saturated carbocycles. The van der Waals surface area contributed by atoms with E-state index in [-0.39, 0.29) is 5.91 Å². The molecule has 0 spiro atoms. The Hall–Kier alpha value is -2.74. The van der Waals surface area contributed by atoms with E-state index in [2.05, 4.69) is 25.7 Å². The molecule has 1 saturated heterocycles. The second-order valence-corrected chi connectivity index (χ2v) is 8.65. The highest BCUT2D eigenvalue weighted by Crippen LogP contribution is 2.30. The molecule has 1 fully saturated rings. The molecule has 0 atom stereocenters. The van der Waals surface area contributed by atoms with Crippen molar-refractivity contribution in [3.8, 4) is 0 Å². The quantitative estimate of drug-likeness (QED) is 0.565. The van der Waals surface area contributed by atoms with Crippen molar-refractivity contribution in [1.82, 2.24) is 14.8 Å². The molecule has 1 aromatic carbocycles. The van der Waals surface area contributed by atoms with Gasteiger partial charge >= 0.3 is 0 Å². The van der Waals surface area contributed by atoms with E-state index < -0.39 is 0 Å². The van der Waals surface area contributed by atoms with Crippen LogP contribution >= 0.6 is 11.8 Å². The van der Waals surface area contributed by atoms with Crippen molar-refractivity contribution in [2.75, 3.05) is 35.2 Å². The van der Waals surface area contributed by atoms with Crippen LogP contribution in [0.5, 0.6) is 0 Å². The van der Waals surface area contributed by atoms with Crippen LogP contribution in [0.3, 0.4) is 0 Å². The molecule has 2 aromatic heterocycles. The number of carbonyl (C=O) groups excluding carboxylic acids is 1. The van der Waals surface area contributed by atoms with Crippen LogP contribution in [-0.4, -0.2) is 46.1 Å². The van der Waals surface area contributed by atoms with Crippen molar-refractivity contribution < 1.29 is 9.21 Å². The number of aromatic nitrogens is 3. The van der Waals surface area contributed by atoms with Gasteiger partial charge in [-0.05, 0) is 49.4 Å². The molecule has 5 rings (SSSR count). The molecule has 0 aliphatic carbocycles. The smallest absolute Gasteiger partial charge is 0.237 e. The third-order valence-electron chi connectivity index (χ3n) is 5.74. The lowest BCUT2D eigenvalue weighted by Gasteiger charge is -2.27. The van der Waals surface area contributed by atoms with Crippen molar-refractivity contribution >= 4 is 29.3 Å². The van der Waals surface area contributed by atoms with Crippen molar-refractivity contribution in [2.45, 2.75) is 37.4 Å². The van der Waals surface area contributed by atoms with Gasteiger partial charge in [-0.15, -0.1) is 10.2 Å². The maximum Gasteiger partial charge on any atom is 0.237 e. The van der Waals surface area contributed by atoms with Crippen LogP contribution in [0.1, 0.15) is 30.6 Å². The molecule has 0 bridgehead atoms. The largest absolute Gasteiger partial charge is 0.467 e. The molecule has 2 aliphatic heterocycles. The number of hydrogen-bond acceptors (Lipinski definition) is 6. The summed E-state index contributed by atoms with van der Waals surface area (Å²) >= 11 is 1.45. The zero-order valence-electron chi connectivity index (χ0n) is 16.9. The Kier molecular flexibility index (Phi) is 5.48. The fraction of sp³-hybridized carbons (Fsp3) is 0.409. The molecule has 8 heteroatoms. The maximum atomic E-state index is 12.9. The number of benzene rings is 1. The summed E-state index contributed by atoms with van der Waals surface area (Å²) in [5.74, 6) is 2.17. The summed E-state index contributed by atoms with van der Waals surface area (Å²) in [5, 5.41) is 9.68. The first kappa shape index (κ1) is 19.2. The van der Waals surface area contributed by atoms with Crippen molar-refractivity contribution in [3.05, 3.63) is 54.0 Å². The molecule has 4 heterocycles. The van der Waals surface area contributed by atoms with E-state index in [1.165, 1.54) is 36.6 Å². The van der Waals surface area contributed by atoms with Crippen molar-refractivity contribution in [1.29, 1.82) is 0 Å². The molecule has 30 heavy (non-hydrogen) atoms. The average Bonchev–Trinajstić information content (AvgIpc) is 3.53. The molecule has 1 amide bonds. The van der Waals surface area contributed by atoms with Crippen molar-refractivity contribution in [3.63, 3.8) is 0 Å². The number of hydrogen-bond donors (Lipinski definition) is 0. The fourth-order valence-corrected chi connectivity index (χ4v) is 5.02. The van der Waals surface area contributed by atoms with E-state index in [9.17, 15) is 4.79 Å². The minimum Gasteiger partial charge on any atom is -0.467 e. The Morgan fingerprint density at radius 3 is 2.73 bits per heavy atom. The van der Waals surface area contributed by atoms with Gasteiger partial charge in [-0.1, -0.05) is 30.0 Å². The lowest BCUT2D eigenvalue weighted by molar-refractivity contribution is -0.116. The Bertz CT molecular complexity index is 1010. The van der Waals surface area contributed by atoms with Gasteiger partial charge in [-0.3, -0.25) is 9.36 Å². The molecular formula is C22H25N5O2S. The van der Waals surface area contributed by atoms with Gasteiger partial charge < -0.3 is 14.2 Å². The Morgan fingerprint density at radius 2 is 1.90 bits per heavy atom. The predicted octanol–water partition coefficient (Wildman–Crippen LogP) is 3.59. The van der Waals surface area contributed by atoms with Crippen LogP contribution in [0.2, 0.25) is 0 Å². The summed E-state index contributed by atoms with van der Waals surface area (Å²) in [4.78, 5) is 17.1. The zero-order valence-corrected chi connectivity index (χ0v) is 17.7.